The van der Waals surface area contributed by atoms with Gasteiger partial charge in [-0.15, -0.1) is 0 Å². The van der Waals surface area contributed by atoms with Gasteiger partial charge < -0.3 is 14.7 Å². The number of aliphatic carboxylic acids is 1. The summed E-state index contributed by atoms with van der Waals surface area (Å²) >= 11 is 0. The summed E-state index contributed by atoms with van der Waals surface area (Å²) in [6.07, 6.45) is 8.06. The minimum atomic E-state index is -0.974. The molecule has 0 unspecified atom stereocenters. The van der Waals surface area contributed by atoms with Gasteiger partial charge in [-0.3, -0.25) is 4.98 Å². The Morgan fingerprint density at radius 1 is 1.03 bits per heavy atom. The van der Waals surface area contributed by atoms with E-state index in [9.17, 15) is 4.79 Å². The van der Waals surface area contributed by atoms with Gasteiger partial charge in [0.15, 0.2) is 6.61 Å². The molecule has 3 aromatic rings. The second-order valence-electron chi connectivity index (χ2n) is 7.46. The van der Waals surface area contributed by atoms with Crippen LogP contribution in [0.5, 0.6) is 5.75 Å². The van der Waals surface area contributed by atoms with Crippen molar-refractivity contribution in [3.63, 3.8) is 0 Å². The number of allylic oxidation sites excluding steroid dienone is 1. The second-order valence-corrected chi connectivity index (χ2v) is 7.46. The number of aromatic nitrogens is 1. The van der Waals surface area contributed by atoms with Crippen LogP contribution in [0, 0.1) is 0 Å². The molecule has 6 heteroatoms. The zero-order valence-electron chi connectivity index (χ0n) is 17.6. The number of carboxylic acid groups (broad SMARTS) is 1. The maximum Gasteiger partial charge on any atom is 0.341 e. The lowest BCUT2D eigenvalue weighted by atomic mass is 9.87. The van der Waals surface area contributed by atoms with Crippen molar-refractivity contribution in [2.45, 2.75) is 19.3 Å². The van der Waals surface area contributed by atoms with Gasteiger partial charge in [0.25, 0.3) is 0 Å². The highest BCUT2D eigenvalue weighted by Gasteiger charge is 2.17. The van der Waals surface area contributed by atoms with Crippen molar-refractivity contribution in [3.05, 3.63) is 107 Å². The van der Waals surface area contributed by atoms with E-state index in [0.29, 0.717) is 12.4 Å². The molecular weight excluding hydrogens is 404 g/mol. The topological polar surface area (TPSA) is 81.0 Å². The lowest BCUT2D eigenvalue weighted by molar-refractivity contribution is -0.139. The fraction of sp³-hybridized carbons (Fsp3) is 0.192. The minimum Gasteiger partial charge on any atom is -0.482 e. The number of hydrogen-bond donors (Lipinski definition) is 1. The van der Waals surface area contributed by atoms with Crippen LogP contribution in [0.4, 0.5) is 0 Å². The van der Waals surface area contributed by atoms with Gasteiger partial charge in [0, 0.05) is 23.5 Å². The summed E-state index contributed by atoms with van der Waals surface area (Å²) in [5.74, 6) is -0.313. The Labute approximate surface area is 186 Å². The molecule has 1 N–H and O–H groups in total. The Bertz CT molecular complexity index is 1080. The zero-order valence-corrected chi connectivity index (χ0v) is 17.6. The summed E-state index contributed by atoms with van der Waals surface area (Å²) in [5.41, 5.74) is 6.12. The molecule has 32 heavy (non-hydrogen) atoms. The molecule has 1 aromatic heterocycles. The van der Waals surface area contributed by atoms with Crippen LogP contribution in [0.25, 0.3) is 0 Å². The summed E-state index contributed by atoms with van der Waals surface area (Å²) in [6, 6.07) is 19.5. The Morgan fingerprint density at radius 3 is 2.66 bits per heavy atom. The van der Waals surface area contributed by atoms with Crippen molar-refractivity contribution < 1.29 is 19.5 Å². The zero-order chi connectivity index (χ0) is 22.2. The number of rotatable bonds is 8. The van der Waals surface area contributed by atoms with Crippen molar-refractivity contribution in [3.8, 4) is 5.75 Å². The summed E-state index contributed by atoms with van der Waals surface area (Å²) in [6.45, 7) is 0.0438. The van der Waals surface area contributed by atoms with Crippen LogP contribution in [0.3, 0.4) is 0 Å². The van der Waals surface area contributed by atoms with Gasteiger partial charge in [0.05, 0.1) is 0 Å². The fourth-order valence-corrected chi connectivity index (χ4v) is 3.76. The lowest BCUT2D eigenvalue weighted by Crippen LogP contribution is -2.13. The smallest absolute Gasteiger partial charge is 0.341 e. The first-order valence-electron chi connectivity index (χ1n) is 10.5. The first-order valence-corrected chi connectivity index (χ1v) is 10.5. The largest absolute Gasteiger partial charge is 0.482 e. The molecule has 0 saturated heterocycles. The molecule has 0 bridgehead atoms. The minimum absolute atomic E-state index is 0.328. The number of pyridine rings is 1. The molecule has 1 aliphatic carbocycles. The van der Waals surface area contributed by atoms with Crippen molar-refractivity contribution in [2.24, 2.45) is 5.16 Å². The van der Waals surface area contributed by atoms with E-state index in [0.717, 1.165) is 47.2 Å². The Hall–Kier alpha value is -3.93. The molecule has 0 saturated carbocycles. The highest BCUT2D eigenvalue weighted by molar-refractivity contribution is 6.12. The Kier molecular flexibility index (Phi) is 6.92. The monoisotopic (exact) mass is 428 g/mol. The summed E-state index contributed by atoms with van der Waals surface area (Å²) in [4.78, 5) is 20.7. The second kappa shape index (κ2) is 10.4. The van der Waals surface area contributed by atoms with Gasteiger partial charge in [-0.1, -0.05) is 53.2 Å². The molecular formula is C26H24N2O4. The third-order valence-electron chi connectivity index (χ3n) is 5.28. The first kappa shape index (κ1) is 21.3. The van der Waals surface area contributed by atoms with E-state index in [1.165, 1.54) is 5.57 Å². The highest BCUT2D eigenvalue weighted by atomic mass is 16.6. The molecule has 0 amide bonds. The molecule has 0 aliphatic heterocycles. The normalized spacial score (nSPS) is 14.6. The van der Waals surface area contributed by atoms with E-state index in [1.54, 1.807) is 12.4 Å². The Balaban J connectivity index is 1.43. The number of carboxylic acids is 1. The molecule has 162 valence electrons. The molecule has 0 atom stereocenters. The average Bonchev–Trinajstić information content (AvgIpc) is 2.83. The molecule has 2 aromatic carbocycles. The predicted molar refractivity (Wildman–Crippen MR) is 122 cm³/mol. The Morgan fingerprint density at radius 2 is 1.88 bits per heavy atom. The predicted octanol–water partition coefficient (Wildman–Crippen LogP) is 4.43. The molecule has 4 rings (SSSR count). The van der Waals surface area contributed by atoms with Crippen molar-refractivity contribution >= 4 is 11.7 Å². The van der Waals surface area contributed by atoms with Gasteiger partial charge in [0.2, 0.25) is 0 Å². The summed E-state index contributed by atoms with van der Waals surface area (Å²) in [5, 5.41) is 13.3. The van der Waals surface area contributed by atoms with E-state index in [2.05, 4.69) is 22.3 Å². The number of benzene rings is 2. The third kappa shape index (κ3) is 5.40. The quantitative estimate of drug-likeness (QED) is 0.248. The molecule has 1 heterocycles. The van der Waals surface area contributed by atoms with Crippen LogP contribution in [-0.4, -0.2) is 35.0 Å². The maximum atomic E-state index is 10.8. The van der Waals surface area contributed by atoms with Gasteiger partial charge in [0.1, 0.15) is 18.1 Å². The van der Waals surface area contributed by atoms with Crippen molar-refractivity contribution in [2.75, 3.05) is 13.2 Å². The average molecular weight is 428 g/mol. The van der Waals surface area contributed by atoms with Crippen LogP contribution in [0.2, 0.25) is 0 Å². The van der Waals surface area contributed by atoms with Crippen molar-refractivity contribution in [1.29, 1.82) is 0 Å². The van der Waals surface area contributed by atoms with Gasteiger partial charge >= 0.3 is 5.97 Å². The molecule has 1 aliphatic rings. The first-order chi connectivity index (χ1) is 15.7. The van der Waals surface area contributed by atoms with E-state index in [-0.39, 0.29) is 6.61 Å². The van der Waals surface area contributed by atoms with Crippen LogP contribution < -0.4 is 4.74 Å². The number of nitrogens with zero attached hydrogens (tertiary/aromatic N) is 2. The van der Waals surface area contributed by atoms with Crippen molar-refractivity contribution in [1.82, 2.24) is 4.98 Å². The molecule has 0 radical (unpaired) electrons. The van der Waals surface area contributed by atoms with E-state index in [1.807, 2.05) is 54.6 Å². The summed E-state index contributed by atoms with van der Waals surface area (Å²) < 4.78 is 5.44. The van der Waals surface area contributed by atoms with Crippen LogP contribution >= 0.6 is 0 Å². The van der Waals surface area contributed by atoms with Crippen LogP contribution in [0.15, 0.2) is 89.9 Å². The van der Waals surface area contributed by atoms with Gasteiger partial charge in [-0.25, -0.2) is 4.79 Å². The number of hydrogen-bond acceptors (Lipinski definition) is 5. The SMILES string of the molecule is O=C(O)COc1cccc2c1CC/C(=C/CO/N=C(/c1ccccc1)c1cccnc1)C2. The number of ether oxygens (including phenoxy) is 1. The highest BCUT2D eigenvalue weighted by Crippen LogP contribution is 2.31. The molecule has 6 nitrogen and oxygen atoms in total. The van der Waals surface area contributed by atoms with E-state index < -0.39 is 5.97 Å². The maximum absolute atomic E-state index is 10.8. The van der Waals surface area contributed by atoms with E-state index in [4.69, 9.17) is 14.7 Å². The van der Waals surface area contributed by atoms with Gasteiger partial charge in [-0.05, 0) is 54.7 Å². The summed E-state index contributed by atoms with van der Waals surface area (Å²) in [7, 11) is 0. The number of oxime groups is 1. The number of carbonyl (C=O) groups is 1. The fourth-order valence-electron chi connectivity index (χ4n) is 3.76. The van der Waals surface area contributed by atoms with Gasteiger partial charge in [-0.2, -0.15) is 0 Å². The number of fused-ring (bicyclic) bond motifs is 1. The van der Waals surface area contributed by atoms with Crippen LogP contribution in [-0.2, 0) is 22.5 Å². The molecule has 0 fully saturated rings. The molecule has 0 spiro atoms. The lowest BCUT2D eigenvalue weighted by Gasteiger charge is -2.21. The third-order valence-corrected chi connectivity index (χ3v) is 5.28. The van der Waals surface area contributed by atoms with Crippen LogP contribution in [0.1, 0.15) is 28.7 Å². The van der Waals surface area contributed by atoms with E-state index >= 15 is 0 Å². The standard InChI is InChI=1S/C26H24N2O4/c29-25(30)18-31-24-10-4-8-21-16-19(11-12-23(21)24)13-15-32-28-26(20-6-2-1-3-7-20)22-9-5-14-27-17-22/h1-10,13-14,17H,11-12,15-16,18H2,(H,29,30)/b19-13-,28-26-.